The van der Waals surface area contributed by atoms with Crippen molar-refractivity contribution in [3.05, 3.63) is 22.4 Å². The fourth-order valence-corrected chi connectivity index (χ4v) is 5.06. The fraction of sp³-hybridized carbons (Fsp3) is 0.778. The summed E-state index contributed by atoms with van der Waals surface area (Å²) in [6.07, 6.45) is 11.8. The first-order valence-electron chi connectivity index (χ1n) is 8.37. The van der Waals surface area contributed by atoms with Gasteiger partial charge in [-0.3, -0.25) is 0 Å². The van der Waals surface area contributed by atoms with Gasteiger partial charge in [0.15, 0.2) is 0 Å². The number of rotatable bonds is 4. The predicted molar refractivity (Wildman–Crippen MR) is 88.5 cm³/mol. The van der Waals surface area contributed by atoms with Crippen molar-refractivity contribution in [3.8, 4) is 0 Å². The summed E-state index contributed by atoms with van der Waals surface area (Å²) < 4.78 is 0. The van der Waals surface area contributed by atoms with Crippen LogP contribution in [0.5, 0.6) is 0 Å². The van der Waals surface area contributed by atoms with Gasteiger partial charge in [-0.2, -0.15) is 0 Å². The monoisotopic (exact) mass is 291 g/mol. The van der Waals surface area contributed by atoms with Crippen LogP contribution in [0.1, 0.15) is 70.1 Å². The largest absolute Gasteiger partial charge is 0.313 e. The van der Waals surface area contributed by atoms with Crippen molar-refractivity contribution in [2.24, 2.45) is 5.41 Å². The fourth-order valence-electron chi connectivity index (χ4n) is 4.21. The second-order valence-corrected chi connectivity index (χ2v) is 8.67. The van der Waals surface area contributed by atoms with Crippen LogP contribution in [0.25, 0.3) is 0 Å². The molecule has 0 saturated heterocycles. The zero-order chi connectivity index (χ0) is 14.1. The van der Waals surface area contributed by atoms with Crippen LogP contribution < -0.4 is 5.32 Å². The highest BCUT2D eigenvalue weighted by Crippen LogP contribution is 2.48. The van der Waals surface area contributed by atoms with E-state index in [9.17, 15) is 0 Å². The highest BCUT2D eigenvalue weighted by molar-refractivity contribution is 7.10. The Morgan fingerprint density at radius 3 is 2.50 bits per heavy atom. The van der Waals surface area contributed by atoms with Gasteiger partial charge in [-0.1, -0.05) is 32.8 Å². The van der Waals surface area contributed by atoms with Crippen LogP contribution >= 0.6 is 11.3 Å². The molecule has 2 heteroatoms. The molecule has 1 nitrogen and oxygen atoms in total. The van der Waals surface area contributed by atoms with Gasteiger partial charge in [-0.25, -0.2) is 0 Å². The third-order valence-electron chi connectivity index (χ3n) is 5.73. The molecule has 2 aliphatic rings. The van der Waals surface area contributed by atoms with E-state index >= 15 is 0 Å². The van der Waals surface area contributed by atoms with Crippen LogP contribution in [0, 0.1) is 5.41 Å². The van der Waals surface area contributed by atoms with E-state index < -0.39 is 0 Å². The van der Waals surface area contributed by atoms with Crippen molar-refractivity contribution in [1.29, 1.82) is 0 Å². The van der Waals surface area contributed by atoms with Crippen LogP contribution in [0.15, 0.2) is 17.5 Å². The smallest absolute Gasteiger partial charge is 0.0115 e. The number of thiophene rings is 1. The van der Waals surface area contributed by atoms with Gasteiger partial charge in [0.25, 0.3) is 0 Å². The van der Waals surface area contributed by atoms with Crippen LogP contribution in [0.3, 0.4) is 0 Å². The zero-order valence-electron chi connectivity index (χ0n) is 13.1. The predicted octanol–water partition coefficient (Wildman–Crippen LogP) is 5.12. The quantitative estimate of drug-likeness (QED) is 0.812. The van der Waals surface area contributed by atoms with Crippen molar-refractivity contribution in [1.82, 2.24) is 5.32 Å². The lowest BCUT2D eigenvalue weighted by Gasteiger charge is -2.38. The molecule has 112 valence electrons. The molecule has 0 bridgehead atoms. The molecule has 1 N–H and O–H groups in total. The minimum absolute atomic E-state index is 0.274. The van der Waals surface area contributed by atoms with E-state index in [-0.39, 0.29) is 5.41 Å². The summed E-state index contributed by atoms with van der Waals surface area (Å²) in [7, 11) is 0. The van der Waals surface area contributed by atoms with Gasteiger partial charge in [-0.05, 0) is 55.4 Å². The molecule has 0 aromatic carbocycles. The Labute approximate surface area is 128 Å². The van der Waals surface area contributed by atoms with Gasteiger partial charge in [0.2, 0.25) is 0 Å². The zero-order valence-corrected chi connectivity index (χ0v) is 13.9. The Bertz CT molecular complexity index is 405. The molecule has 1 heterocycles. The van der Waals surface area contributed by atoms with Crippen LogP contribution in [0.2, 0.25) is 0 Å². The second kappa shape index (κ2) is 5.81. The van der Waals surface area contributed by atoms with Gasteiger partial charge >= 0.3 is 0 Å². The first kappa shape index (κ1) is 14.6. The van der Waals surface area contributed by atoms with Crippen LogP contribution in [-0.2, 0) is 5.41 Å². The van der Waals surface area contributed by atoms with Gasteiger partial charge in [-0.15, -0.1) is 11.3 Å². The lowest BCUT2D eigenvalue weighted by Crippen LogP contribution is -2.42. The molecule has 0 amide bonds. The summed E-state index contributed by atoms with van der Waals surface area (Å²) in [6, 6.07) is 5.22. The second-order valence-electron chi connectivity index (χ2n) is 7.72. The van der Waals surface area contributed by atoms with E-state index in [4.69, 9.17) is 0 Å². The van der Waals surface area contributed by atoms with Gasteiger partial charge in [0.1, 0.15) is 0 Å². The summed E-state index contributed by atoms with van der Waals surface area (Å²) >= 11 is 1.89. The molecule has 2 aliphatic carbocycles. The topological polar surface area (TPSA) is 12.0 Å². The Balaban J connectivity index is 1.48. The van der Waals surface area contributed by atoms with Gasteiger partial charge in [0, 0.05) is 22.9 Å². The molecule has 0 unspecified atom stereocenters. The molecule has 1 spiro atoms. The lowest BCUT2D eigenvalue weighted by molar-refractivity contribution is 0.166. The average Bonchev–Trinajstić information content (AvgIpc) is 3.10. The molecular weight excluding hydrogens is 262 g/mol. The summed E-state index contributed by atoms with van der Waals surface area (Å²) in [5.41, 5.74) is 1.04. The molecule has 0 radical (unpaired) electrons. The van der Waals surface area contributed by atoms with E-state index in [2.05, 4.69) is 36.7 Å². The highest BCUT2D eigenvalue weighted by Gasteiger charge is 2.37. The third-order valence-corrected chi connectivity index (χ3v) is 6.97. The van der Waals surface area contributed by atoms with Crippen molar-refractivity contribution in [3.63, 3.8) is 0 Å². The maximum atomic E-state index is 3.86. The van der Waals surface area contributed by atoms with Crippen molar-refractivity contribution in [2.75, 3.05) is 6.54 Å². The number of hydrogen-bond acceptors (Lipinski definition) is 2. The highest BCUT2D eigenvalue weighted by atomic mass is 32.1. The van der Waals surface area contributed by atoms with E-state index in [1.54, 1.807) is 0 Å². The van der Waals surface area contributed by atoms with Crippen molar-refractivity contribution >= 4 is 11.3 Å². The van der Waals surface area contributed by atoms with Gasteiger partial charge < -0.3 is 5.32 Å². The summed E-state index contributed by atoms with van der Waals surface area (Å²) in [5, 5.41) is 6.06. The van der Waals surface area contributed by atoms with E-state index in [0.29, 0.717) is 0 Å². The standard InChI is InChI=1S/C18H29NS/c1-17(2,16-6-5-13-20-16)14-19-15-7-11-18(12-8-15)9-3-4-10-18/h5-6,13,15,19H,3-4,7-12,14H2,1-2H3. The lowest BCUT2D eigenvalue weighted by atomic mass is 9.71. The maximum Gasteiger partial charge on any atom is 0.0115 e. The average molecular weight is 292 g/mol. The van der Waals surface area contributed by atoms with Gasteiger partial charge in [0.05, 0.1) is 0 Å². The number of nitrogens with one attached hydrogen (secondary N) is 1. The minimum atomic E-state index is 0.274. The maximum absolute atomic E-state index is 3.86. The van der Waals surface area contributed by atoms with E-state index in [1.165, 1.54) is 56.2 Å². The van der Waals surface area contributed by atoms with Crippen LogP contribution in [-0.4, -0.2) is 12.6 Å². The summed E-state index contributed by atoms with van der Waals surface area (Å²) in [5.74, 6) is 0. The SMILES string of the molecule is CC(C)(CNC1CCC2(CCCC2)CC1)c1cccs1. The molecule has 1 aromatic rings. The van der Waals surface area contributed by atoms with Crippen molar-refractivity contribution < 1.29 is 0 Å². The Morgan fingerprint density at radius 1 is 1.20 bits per heavy atom. The molecule has 20 heavy (non-hydrogen) atoms. The number of hydrogen-bond donors (Lipinski definition) is 1. The molecule has 2 fully saturated rings. The van der Waals surface area contributed by atoms with E-state index in [1.807, 2.05) is 11.3 Å². The Morgan fingerprint density at radius 2 is 1.90 bits per heavy atom. The molecular formula is C18H29NS. The first-order chi connectivity index (χ1) is 9.60. The summed E-state index contributed by atoms with van der Waals surface area (Å²) in [6.45, 7) is 5.85. The third kappa shape index (κ3) is 3.12. The first-order valence-corrected chi connectivity index (χ1v) is 9.25. The Hall–Kier alpha value is -0.340. The van der Waals surface area contributed by atoms with Crippen molar-refractivity contribution in [2.45, 2.75) is 76.7 Å². The van der Waals surface area contributed by atoms with Crippen LogP contribution in [0.4, 0.5) is 0 Å². The molecule has 1 aromatic heterocycles. The molecule has 0 aliphatic heterocycles. The van der Waals surface area contributed by atoms with E-state index in [0.717, 1.165) is 18.0 Å². The summed E-state index contributed by atoms with van der Waals surface area (Å²) in [4.78, 5) is 1.51. The molecule has 2 saturated carbocycles. The normalized spacial score (nSPS) is 23.5. The minimum Gasteiger partial charge on any atom is -0.313 e. The molecule has 3 rings (SSSR count). The molecule has 0 atom stereocenters. The Kier molecular flexibility index (Phi) is 4.24.